The van der Waals surface area contributed by atoms with Gasteiger partial charge < -0.3 is 4.90 Å². The van der Waals surface area contributed by atoms with E-state index >= 15 is 0 Å². The van der Waals surface area contributed by atoms with Crippen molar-refractivity contribution in [1.29, 1.82) is 0 Å². The standard InChI is InChI=1S/C18H34N2O2/c1-4-14(2)16-7-5-15(6-8-16)13-19(3)17-9-11-18(12-10-17)20(21)22/h14-18H,4-13H2,1-3H3. The highest BCUT2D eigenvalue weighted by Gasteiger charge is 2.31. The molecule has 0 spiro atoms. The van der Waals surface area contributed by atoms with Crippen LogP contribution in [-0.2, 0) is 0 Å². The predicted molar refractivity (Wildman–Crippen MR) is 90.6 cm³/mol. The summed E-state index contributed by atoms with van der Waals surface area (Å²) in [6.07, 6.45) is 10.4. The summed E-state index contributed by atoms with van der Waals surface area (Å²) in [4.78, 5) is 13.3. The molecule has 0 heterocycles. The molecule has 128 valence electrons. The van der Waals surface area contributed by atoms with Crippen LogP contribution in [0, 0.1) is 27.9 Å². The average molecular weight is 310 g/mol. The first-order valence-corrected chi connectivity index (χ1v) is 9.35. The molecule has 0 bridgehead atoms. The van der Waals surface area contributed by atoms with Crippen LogP contribution in [0.5, 0.6) is 0 Å². The fraction of sp³-hybridized carbons (Fsp3) is 1.00. The van der Waals surface area contributed by atoms with Crippen LogP contribution in [0.1, 0.15) is 71.6 Å². The molecule has 0 radical (unpaired) electrons. The van der Waals surface area contributed by atoms with Gasteiger partial charge in [0.2, 0.25) is 6.04 Å². The number of rotatable bonds is 6. The molecule has 0 aromatic carbocycles. The lowest BCUT2D eigenvalue weighted by Crippen LogP contribution is -2.41. The van der Waals surface area contributed by atoms with Gasteiger partial charge in [0, 0.05) is 30.4 Å². The first-order valence-electron chi connectivity index (χ1n) is 9.35. The Morgan fingerprint density at radius 2 is 1.68 bits per heavy atom. The molecule has 0 N–H and O–H groups in total. The van der Waals surface area contributed by atoms with Gasteiger partial charge in [-0.2, -0.15) is 0 Å². The Morgan fingerprint density at radius 3 is 2.18 bits per heavy atom. The number of hydrogen-bond acceptors (Lipinski definition) is 3. The van der Waals surface area contributed by atoms with E-state index in [4.69, 9.17) is 0 Å². The lowest BCUT2D eigenvalue weighted by molar-refractivity contribution is -0.526. The van der Waals surface area contributed by atoms with Gasteiger partial charge in [-0.05, 0) is 63.3 Å². The van der Waals surface area contributed by atoms with E-state index < -0.39 is 0 Å². The van der Waals surface area contributed by atoms with E-state index in [0.29, 0.717) is 6.04 Å². The van der Waals surface area contributed by atoms with Gasteiger partial charge in [-0.1, -0.05) is 20.3 Å². The van der Waals surface area contributed by atoms with Crippen molar-refractivity contribution in [2.24, 2.45) is 17.8 Å². The topological polar surface area (TPSA) is 46.4 Å². The number of nitrogens with zero attached hydrogens (tertiary/aromatic N) is 2. The first-order chi connectivity index (χ1) is 10.5. The van der Waals surface area contributed by atoms with Gasteiger partial charge in [0.05, 0.1) is 0 Å². The summed E-state index contributed by atoms with van der Waals surface area (Å²) in [5.74, 6) is 2.68. The van der Waals surface area contributed by atoms with E-state index in [1.54, 1.807) is 0 Å². The van der Waals surface area contributed by atoms with Gasteiger partial charge >= 0.3 is 0 Å². The molecule has 22 heavy (non-hydrogen) atoms. The Hall–Kier alpha value is -0.640. The van der Waals surface area contributed by atoms with Crippen LogP contribution < -0.4 is 0 Å². The molecule has 2 aliphatic carbocycles. The second kappa shape index (κ2) is 8.28. The zero-order chi connectivity index (χ0) is 16.1. The minimum Gasteiger partial charge on any atom is -0.303 e. The van der Waals surface area contributed by atoms with Crippen molar-refractivity contribution in [3.63, 3.8) is 0 Å². The molecule has 2 aliphatic rings. The summed E-state index contributed by atoms with van der Waals surface area (Å²) in [6, 6.07) is 0.291. The molecular formula is C18H34N2O2. The summed E-state index contributed by atoms with van der Waals surface area (Å²) in [5, 5.41) is 10.9. The van der Waals surface area contributed by atoms with E-state index in [-0.39, 0.29) is 11.0 Å². The van der Waals surface area contributed by atoms with Gasteiger partial charge in [-0.3, -0.25) is 10.1 Å². The van der Waals surface area contributed by atoms with E-state index in [1.165, 1.54) is 38.6 Å². The van der Waals surface area contributed by atoms with Crippen LogP contribution in [0.25, 0.3) is 0 Å². The van der Waals surface area contributed by atoms with Crippen LogP contribution in [0.4, 0.5) is 0 Å². The Kier molecular flexibility index (Phi) is 6.66. The van der Waals surface area contributed by atoms with Crippen LogP contribution in [0.2, 0.25) is 0 Å². The highest BCUT2D eigenvalue weighted by atomic mass is 16.6. The molecular weight excluding hydrogens is 276 g/mol. The zero-order valence-corrected chi connectivity index (χ0v) is 14.7. The highest BCUT2D eigenvalue weighted by molar-refractivity contribution is 4.82. The molecule has 4 nitrogen and oxygen atoms in total. The van der Waals surface area contributed by atoms with Crippen LogP contribution >= 0.6 is 0 Å². The molecule has 0 aromatic rings. The molecule has 2 fully saturated rings. The molecule has 0 aromatic heterocycles. The van der Waals surface area contributed by atoms with Crippen molar-refractivity contribution >= 4 is 0 Å². The van der Waals surface area contributed by atoms with Crippen molar-refractivity contribution in [2.45, 2.75) is 83.7 Å². The average Bonchev–Trinajstić information content (AvgIpc) is 2.54. The van der Waals surface area contributed by atoms with Crippen LogP contribution in [0.15, 0.2) is 0 Å². The second-order valence-corrected chi connectivity index (χ2v) is 7.85. The molecule has 0 aliphatic heterocycles. The predicted octanol–water partition coefficient (Wildman–Crippen LogP) is 4.36. The van der Waals surface area contributed by atoms with Gasteiger partial charge in [-0.15, -0.1) is 0 Å². The molecule has 0 amide bonds. The van der Waals surface area contributed by atoms with Crippen molar-refractivity contribution in [2.75, 3.05) is 13.6 Å². The first kappa shape index (κ1) is 17.7. The second-order valence-electron chi connectivity index (χ2n) is 7.85. The summed E-state index contributed by atoms with van der Waals surface area (Å²) >= 11 is 0. The lowest BCUT2D eigenvalue weighted by atomic mass is 9.75. The monoisotopic (exact) mass is 310 g/mol. The molecule has 1 atom stereocenters. The van der Waals surface area contributed by atoms with E-state index in [9.17, 15) is 10.1 Å². The van der Waals surface area contributed by atoms with Gasteiger partial charge in [-0.25, -0.2) is 0 Å². The number of hydrogen-bond donors (Lipinski definition) is 0. The Labute approximate surface area is 135 Å². The fourth-order valence-electron chi connectivity index (χ4n) is 4.54. The minimum atomic E-state index is -0.282. The lowest BCUT2D eigenvalue weighted by Gasteiger charge is -2.37. The Bertz CT molecular complexity index is 345. The maximum Gasteiger partial charge on any atom is 0.213 e. The van der Waals surface area contributed by atoms with E-state index in [2.05, 4.69) is 25.8 Å². The maximum atomic E-state index is 10.9. The molecule has 1 unspecified atom stereocenters. The zero-order valence-electron chi connectivity index (χ0n) is 14.7. The third kappa shape index (κ3) is 4.68. The molecule has 0 saturated heterocycles. The Morgan fingerprint density at radius 1 is 1.09 bits per heavy atom. The molecule has 2 rings (SSSR count). The van der Waals surface area contributed by atoms with Crippen molar-refractivity contribution in [3.05, 3.63) is 10.1 Å². The minimum absolute atomic E-state index is 0.0770. The summed E-state index contributed by atoms with van der Waals surface area (Å²) in [7, 11) is 2.23. The largest absolute Gasteiger partial charge is 0.303 e. The van der Waals surface area contributed by atoms with Crippen molar-refractivity contribution in [3.8, 4) is 0 Å². The molecule has 2 saturated carbocycles. The third-order valence-electron chi connectivity index (χ3n) is 6.47. The Balaban J connectivity index is 1.70. The maximum absolute atomic E-state index is 10.9. The smallest absolute Gasteiger partial charge is 0.213 e. The van der Waals surface area contributed by atoms with E-state index in [1.807, 2.05) is 0 Å². The fourth-order valence-corrected chi connectivity index (χ4v) is 4.54. The normalized spacial score (nSPS) is 34.5. The van der Waals surface area contributed by atoms with Gasteiger partial charge in [0.25, 0.3) is 0 Å². The SMILES string of the molecule is CCC(C)C1CCC(CN(C)C2CCC([N+](=O)[O-])CC2)CC1. The van der Waals surface area contributed by atoms with E-state index in [0.717, 1.165) is 43.4 Å². The van der Waals surface area contributed by atoms with Crippen molar-refractivity contribution in [1.82, 2.24) is 4.90 Å². The van der Waals surface area contributed by atoms with Gasteiger partial charge in [0.1, 0.15) is 0 Å². The quantitative estimate of drug-likeness (QED) is 0.541. The van der Waals surface area contributed by atoms with Gasteiger partial charge in [0.15, 0.2) is 0 Å². The summed E-state index contributed by atoms with van der Waals surface area (Å²) < 4.78 is 0. The van der Waals surface area contributed by atoms with Crippen molar-refractivity contribution < 1.29 is 4.92 Å². The molecule has 4 heteroatoms. The third-order valence-corrected chi connectivity index (χ3v) is 6.47. The summed E-state index contributed by atoms with van der Waals surface area (Å²) in [6.45, 7) is 5.91. The van der Waals surface area contributed by atoms with Crippen LogP contribution in [0.3, 0.4) is 0 Å². The number of nitro groups is 1. The summed E-state index contributed by atoms with van der Waals surface area (Å²) in [5.41, 5.74) is 0. The van der Waals surface area contributed by atoms with Crippen LogP contribution in [-0.4, -0.2) is 35.5 Å². The highest BCUT2D eigenvalue weighted by Crippen LogP contribution is 2.35.